The van der Waals surface area contributed by atoms with Gasteiger partial charge in [-0.05, 0) is 53.9 Å². The van der Waals surface area contributed by atoms with Crippen LogP contribution in [0, 0.1) is 6.92 Å². The van der Waals surface area contributed by atoms with Crippen molar-refractivity contribution in [1.29, 1.82) is 0 Å². The molecule has 1 aromatic carbocycles. The molecule has 2 nitrogen and oxygen atoms in total. The molecule has 3 heteroatoms. The van der Waals surface area contributed by atoms with Crippen LogP contribution in [-0.2, 0) is 20.0 Å². The van der Waals surface area contributed by atoms with E-state index in [0.29, 0.717) is 0 Å². The molecule has 0 radical (unpaired) electrons. The minimum absolute atomic E-state index is 0.932. The van der Waals surface area contributed by atoms with Gasteiger partial charge in [-0.3, -0.25) is 0 Å². The molecule has 3 aromatic rings. The van der Waals surface area contributed by atoms with E-state index in [2.05, 4.69) is 64.9 Å². The molecule has 0 aliphatic rings. The predicted octanol–water partition coefficient (Wildman–Crippen LogP) is 3.88. The molecule has 1 N–H and O–H groups in total. The van der Waals surface area contributed by atoms with Crippen LogP contribution in [0.2, 0.25) is 0 Å². The van der Waals surface area contributed by atoms with Crippen LogP contribution in [0.3, 0.4) is 0 Å². The van der Waals surface area contributed by atoms with Crippen molar-refractivity contribution in [3.05, 3.63) is 57.9 Å². The van der Waals surface area contributed by atoms with E-state index in [9.17, 15) is 0 Å². The Morgan fingerprint density at radius 3 is 2.80 bits per heavy atom. The van der Waals surface area contributed by atoms with Crippen molar-refractivity contribution in [2.45, 2.75) is 19.9 Å². The summed E-state index contributed by atoms with van der Waals surface area (Å²) in [5.41, 5.74) is 5.53. The third kappa shape index (κ3) is 2.51. The molecule has 0 unspecified atom stereocenters. The number of rotatable bonds is 5. The van der Waals surface area contributed by atoms with Crippen molar-refractivity contribution < 1.29 is 0 Å². The van der Waals surface area contributed by atoms with Crippen LogP contribution >= 0.6 is 11.3 Å². The molecule has 0 fully saturated rings. The van der Waals surface area contributed by atoms with E-state index in [-0.39, 0.29) is 0 Å². The van der Waals surface area contributed by atoms with Crippen LogP contribution < -0.4 is 5.32 Å². The lowest BCUT2D eigenvalue weighted by atomic mass is 10.1. The zero-order valence-corrected chi connectivity index (χ0v) is 12.8. The molecule has 0 saturated carbocycles. The SMILES string of the molecule is Cc1c(CNCCc2ccsc2)n(C)c2ccccc12. The topological polar surface area (TPSA) is 17.0 Å². The van der Waals surface area contributed by atoms with E-state index in [4.69, 9.17) is 0 Å². The summed E-state index contributed by atoms with van der Waals surface area (Å²) in [6, 6.07) is 10.8. The zero-order valence-electron chi connectivity index (χ0n) is 12.0. The van der Waals surface area contributed by atoms with Gasteiger partial charge in [0.1, 0.15) is 0 Å². The van der Waals surface area contributed by atoms with Gasteiger partial charge in [0.25, 0.3) is 0 Å². The molecule has 0 atom stereocenters. The average molecular weight is 284 g/mol. The second-order valence-corrected chi connectivity index (χ2v) is 5.99. The van der Waals surface area contributed by atoms with Crippen LogP contribution in [0.1, 0.15) is 16.8 Å². The minimum atomic E-state index is 0.932. The highest BCUT2D eigenvalue weighted by Gasteiger charge is 2.10. The summed E-state index contributed by atoms with van der Waals surface area (Å²) in [4.78, 5) is 0. The lowest BCUT2D eigenvalue weighted by Gasteiger charge is -2.07. The molecule has 104 valence electrons. The first-order chi connectivity index (χ1) is 9.77. The lowest BCUT2D eigenvalue weighted by molar-refractivity contribution is 0.654. The highest BCUT2D eigenvalue weighted by molar-refractivity contribution is 7.07. The number of fused-ring (bicyclic) bond motifs is 1. The van der Waals surface area contributed by atoms with Crippen molar-refractivity contribution in [2.24, 2.45) is 7.05 Å². The van der Waals surface area contributed by atoms with Gasteiger partial charge in [-0.15, -0.1) is 0 Å². The van der Waals surface area contributed by atoms with Gasteiger partial charge in [0.05, 0.1) is 0 Å². The van der Waals surface area contributed by atoms with Crippen LogP contribution in [0.5, 0.6) is 0 Å². The number of nitrogens with zero attached hydrogens (tertiary/aromatic N) is 1. The van der Waals surface area contributed by atoms with Crippen molar-refractivity contribution in [3.63, 3.8) is 0 Å². The number of hydrogen-bond donors (Lipinski definition) is 1. The Balaban J connectivity index is 1.68. The van der Waals surface area contributed by atoms with Gasteiger partial charge in [0.15, 0.2) is 0 Å². The third-order valence-corrected chi connectivity index (χ3v) is 4.70. The van der Waals surface area contributed by atoms with Crippen LogP contribution in [0.4, 0.5) is 0 Å². The summed E-state index contributed by atoms with van der Waals surface area (Å²) in [5, 5.41) is 9.30. The molecule has 2 aromatic heterocycles. The molecular weight excluding hydrogens is 264 g/mol. The zero-order chi connectivity index (χ0) is 13.9. The monoisotopic (exact) mass is 284 g/mol. The van der Waals surface area contributed by atoms with Crippen molar-refractivity contribution in [3.8, 4) is 0 Å². The summed E-state index contributed by atoms with van der Waals surface area (Å²) >= 11 is 1.77. The van der Waals surface area contributed by atoms with E-state index in [1.807, 2.05) is 0 Å². The van der Waals surface area contributed by atoms with Crippen LogP contribution in [0.25, 0.3) is 10.9 Å². The van der Waals surface area contributed by atoms with Gasteiger partial charge >= 0.3 is 0 Å². The quantitative estimate of drug-likeness (QED) is 0.704. The summed E-state index contributed by atoms with van der Waals surface area (Å²) in [6.45, 7) is 4.18. The number of nitrogens with one attached hydrogen (secondary N) is 1. The Hall–Kier alpha value is -1.58. The van der Waals surface area contributed by atoms with Gasteiger partial charge in [0.2, 0.25) is 0 Å². The van der Waals surface area contributed by atoms with Gasteiger partial charge in [0, 0.05) is 30.2 Å². The normalized spacial score (nSPS) is 11.3. The second-order valence-electron chi connectivity index (χ2n) is 5.21. The molecule has 0 aliphatic carbocycles. The Morgan fingerprint density at radius 2 is 2.05 bits per heavy atom. The second kappa shape index (κ2) is 5.81. The van der Waals surface area contributed by atoms with E-state index >= 15 is 0 Å². The lowest BCUT2D eigenvalue weighted by Crippen LogP contribution is -2.18. The smallest absolute Gasteiger partial charge is 0.0483 e. The van der Waals surface area contributed by atoms with Crippen molar-refractivity contribution in [2.75, 3.05) is 6.54 Å². The maximum atomic E-state index is 3.57. The Kier molecular flexibility index (Phi) is 3.90. The molecule has 0 spiro atoms. The Morgan fingerprint density at radius 1 is 1.20 bits per heavy atom. The molecule has 0 aliphatic heterocycles. The highest BCUT2D eigenvalue weighted by atomic mass is 32.1. The van der Waals surface area contributed by atoms with Gasteiger partial charge < -0.3 is 9.88 Å². The summed E-state index contributed by atoms with van der Waals surface area (Å²) in [5.74, 6) is 0. The number of hydrogen-bond acceptors (Lipinski definition) is 2. The number of para-hydroxylation sites is 1. The minimum Gasteiger partial charge on any atom is -0.346 e. The number of aromatic nitrogens is 1. The van der Waals surface area contributed by atoms with Crippen molar-refractivity contribution in [1.82, 2.24) is 9.88 Å². The van der Waals surface area contributed by atoms with E-state index < -0.39 is 0 Å². The van der Waals surface area contributed by atoms with E-state index in [0.717, 1.165) is 19.5 Å². The Bertz CT molecular complexity index is 656. The first kappa shape index (κ1) is 13.4. The fraction of sp³-hybridized carbons (Fsp3) is 0.294. The predicted molar refractivity (Wildman–Crippen MR) is 87.4 cm³/mol. The van der Waals surface area contributed by atoms with Gasteiger partial charge in [-0.25, -0.2) is 0 Å². The molecular formula is C17H20N2S. The largest absolute Gasteiger partial charge is 0.346 e. The fourth-order valence-electron chi connectivity index (χ4n) is 2.76. The van der Waals surface area contributed by atoms with Gasteiger partial charge in [-0.2, -0.15) is 11.3 Å². The fourth-order valence-corrected chi connectivity index (χ4v) is 3.46. The molecule has 0 amide bonds. The van der Waals surface area contributed by atoms with E-state index in [1.165, 1.54) is 27.7 Å². The summed E-state index contributed by atoms with van der Waals surface area (Å²) in [6.07, 6.45) is 1.10. The molecule has 20 heavy (non-hydrogen) atoms. The number of thiophene rings is 1. The van der Waals surface area contributed by atoms with Gasteiger partial charge in [-0.1, -0.05) is 18.2 Å². The first-order valence-corrected chi connectivity index (χ1v) is 7.96. The van der Waals surface area contributed by atoms with E-state index in [1.54, 1.807) is 11.3 Å². The molecule has 3 rings (SSSR count). The summed E-state index contributed by atoms with van der Waals surface area (Å²) < 4.78 is 2.31. The van der Waals surface area contributed by atoms with Crippen LogP contribution in [0.15, 0.2) is 41.1 Å². The number of aryl methyl sites for hydroxylation is 2. The molecule has 0 bridgehead atoms. The maximum absolute atomic E-state index is 3.57. The first-order valence-electron chi connectivity index (χ1n) is 7.02. The number of benzene rings is 1. The van der Waals surface area contributed by atoms with Crippen molar-refractivity contribution >= 4 is 22.2 Å². The summed E-state index contributed by atoms with van der Waals surface area (Å²) in [7, 11) is 2.16. The third-order valence-electron chi connectivity index (χ3n) is 3.97. The molecule has 0 saturated heterocycles. The van der Waals surface area contributed by atoms with Crippen LogP contribution in [-0.4, -0.2) is 11.1 Å². The maximum Gasteiger partial charge on any atom is 0.0483 e. The highest BCUT2D eigenvalue weighted by Crippen LogP contribution is 2.24. The standard InChI is InChI=1S/C17H20N2S/c1-13-15-5-3-4-6-16(15)19(2)17(13)11-18-9-7-14-8-10-20-12-14/h3-6,8,10,12,18H,7,9,11H2,1-2H3. The average Bonchev–Trinajstić information content (AvgIpc) is 3.06. The molecule has 2 heterocycles. The Labute approximate surface area is 124 Å².